The molecule has 1 saturated carbocycles. The summed E-state index contributed by atoms with van der Waals surface area (Å²) in [6.45, 7) is 5.68. The molecule has 3 atom stereocenters. The number of fused-ring (bicyclic) bond motifs is 1. The number of benzene rings is 4. The fraction of sp³-hybridized carbons (Fsp3) is 0.425. The van der Waals surface area contributed by atoms with E-state index in [4.69, 9.17) is 4.74 Å². The van der Waals surface area contributed by atoms with Crippen LogP contribution in [-0.4, -0.2) is 79.7 Å². The number of amides is 1. The summed E-state index contributed by atoms with van der Waals surface area (Å²) in [4.78, 5) is 17.4. The Balaban J connectivity index is 1.07. The number of hydrogen-bond donors (Lipinski definition) is 0. The highest BCUT2D eigenvalue weighted by Gasteiger charge is 2.41. The Morgan fingerprint density at radius 1 is 0.833 bits per heavy atom. The first-order valence-corrected chi connectivity index (χ1v) is 19.1. The van der Waals surface area contributed by atoms with Crippen LogP contribution in [0.4, 0.5) is 4.79 Å². The lowest BCUT2D eigenvalue weighted by Crippen LogP contribution is -2.48. The molecule has 48 heavy (non-hydrogen) atoms. The SMILES string of the molecule is CCN(C(=O)OCc1ccccc1)C1CCN(CC2CC(N(C)S(=O)(=O)CCc3cccc4ccccc34)CC2c2ccccc2)CC1. The van der Waals surface area contributed by atoms with Crippen molar-refractivity contribution in [3.05, 3.63) is 120 Å². The summed E-state index contributed by atoms with van der Waals surface area (Å²) in [5.41, 5.74) is 3.36. The van der Waals surface area contributed by atoms with Crippen LogP contribution < -0.4 is 0 Å². The third-order valence-electron chi connectivity index (χ3n) is 10.6. The number of hydrogen-bond acceptors (Lipinski definition) is 5. The van der Waals surface area contributed by atoms with Crippen molar-refractivity contribution in [3.63, 3.8) is 0 Å². The average molecular weight is 668 g/mol. The number of piperidine rings is 1. The van der Waals surface area contributed by atoms with Gasteiger partial charge in [0.05, 0.1) is 5.75 Å². The molecule has 0 spiro atoms. The van der Waals surface area contributed by atoms with E-state index in [-0.39, 0.29) is 30.5 Å². The number of carbonyl (C=O) groups excluding carboxylic acids is 1. The molecule has 1 saturated heterocycles. The van der Waals surface area contributed by atoms with E-state index in [1.165, 1.54) is 5.56 Å². The van der Waals surface area contributed by atoms with Gasteiger partial charge in [0.15, 0.2) is 0 Å². The number of carbonyl (C=O) groups is 1. The molecule has 6 rings (SSSR count). The fourth-order valence-electron chi connectivity index (χ4n) is 7.91. The average Bonchev–Trinajstić information content (AvgIpc) is 3.54. The number of likely N-dealkylation sites (tertiary alicyclic amines) is 1. The third kappa shape index (κ3) is 8.11. The van der Waals surface area contributed by atoms with Gasteiger partial charge in [-0.3, -0.25) is 0 Å². The molecule has 4 aromatic carbocycles. The Kier molecular flexibility index (Phi) is 11.1. The molecular formula is C40H49N3O4S. The van der Waals surface area contributed by atoms with Gasteiger partial charge in [-0.25, -0.2) is 17.5 Å². The van der Waals surface area contributed by atoms with E-state index in [2.05, 4.69) is 47.4 Å². The summed E-state index contributed by atoms with van der Waals surface area (Å²) < 4.78 is 34.9. The van der Waals surface area contributed by atoms with Crippen LogP contribution in [0.25, 0.3) is 10.8 Å². The third-order valence-corrected chi connectivity index (χ3v) is 12.5. The lowest BCUT2D eigenvalue weighted by Gasteiger charge is -2.39. The van der Waals surface area contributed by atoms with Gasteiger partial charge < -0.3 is 14.5 Å². The second-order valence-corrected chi connectivity index (χ2v) is 15.6. The number of aryl methyl sites for hydroxylation is 1. The largest absolute Gasteiger partial charge is 0.445 e. The van der Waals surface area contributed by atoms with Crippen LogP contribution in [-0.2, 0) is 27.8 Å². The number of nitrogens with zero attached hydrogens (tertiary/aromatic N) is 3. The van der Waals surface area contributed by atoms with Crippen molar-refractivity contribution in [1.29, 1.82) is 0 Å². The predicted octanol–water partition coefficient (Wildman–Crippen LogP) is 7.33. The zero-order chi connectivity index (χ0) is 33.5. The normalized spacial score (nSPS) is 20.7. The van der Waals surface area contributed by atoms with Crippen molar-refractivity contribution in [2.24, 2.45) is 5.92 Å². The lowest BCUT2D eigenvalue weighted by molar-refractivity contribution is 0.0601. The first kappa shape index (κ1) is 34.2. The van der Waals surface area contributed by atoms with Crippen LogP contribution in [0.3, 0.4) is 0 Å². The van der Waals surface area contributed by atoms with E-state index < -0.39 is 10.0 Å². The van der Waals surface area contributed by atoms with E-state index in [1.807, 2.05) is 72.5 Å². The summed E-state index contributed by atoms with van der Waals surface area (Å²) in [6, 6.07) is 34.9. The van der Waals surface area contributed by atoms with Crippen molar-refractivity contribution >= 4 is 26.9 Å². The molecule has 1 aliphatic carbocycles. The number of sulfonamides is 1. The molecule has 3 unspecified atom stereocenters. The minimum Gasteiger partial charge on any atom is -0.445 e. The van der Waals surface area contributed by atoms with Crippen LogP contribution in [0.15, 0.2) is 103 Å². The molecule has 1 amide bonds. The number of rotatable bonds is 12. The highest BCUT2D eigenvalue weighted by atomic mass is 32.2. The summed E-state index contributed by atoms with van der Waals surface area (Å²) in [7, 11) is -1.67. The molecule has 0 aromatic heterocycles. The zero-order valence-electron chi connectivity index (χ0n) is 28.3. The van der Waals surface area contributed by atoms with Crippen molar-refractivity contribution in [3.8, 4) is 0 Å². The van der Waals surface area contributed by atoms with Gasteiger partial charge in [0.1, 0.15) is 6.61 Å². The van der Waals surface area contributed by atoms with Gasteiger partial charge in [0.25, 0.3) is 0 Å². The predicted molar refractivity (Wildman–Crippen MR) is 193 cm³/mol. The Labute approximate surface area is 286 Å². The zero-order valence-corrected chi connectivity index (χ0v) is 29.1. The molecule has 2 aliphatic rings. The van der Waals surface area contributed by atoms with E-state index in [0.29, 0.717) is 24.8 Å². The summed E-state index contributed by atoms with van der Waals surface area (Å²) in [5, 5.41) is 2.26. The van der Waals surface area contributed by atoms with E-state index in [0.717, 1.165) is 67.2 Å². The molecule has 0 bridgehead atoms. The van der Waals surface area contributed by atoms with Crippen molar-refractivity contribution in [2.45, 2.75) is 63.6 Å². The van der Waals surface area contributed by atoms with Gasteiger partial charge >= 0.3 is 6.09 Å². The second-order valence-electron chi connectivity index (χ2n) is 13.5. The standard InChI is InChI=1S/C40H49N3O4S/c1-3-43(40(44)47-30-31-13-6-4-7-14-31)36-21-24-42(25-22-36)29-35-27-37(28-39(35)33-15-8-5-9-16-33)41(2)48(45,46)26-23-34-19-12-18-32-17-10-11-20-38(32)34/h4-20,35-37,39H,3,21-30H2,1-2H3. The fourth-order valence-corrected chi connectivity index (χ4v) is 9.30. The van der Waals surface area contributed by atoms with Gasteiger partial charge in [0.2, 0.25) is 10.0 Å². The molecule has 1 aliphatic heterocycles. The summed E-state index contributed by atoms with van der Waals surface area (Å²) in [6.07, 6.45) is 3.73. The Morgan fingerprint density at radius 2 is 1.50 bits per heavy atom. The van der Waals surface area contributed by atoms with Crippen molar-refractivity contribution in [1.82, 2.24) is 14.1 Å². The Hall–Kier alpha value is -3.72. The molecule has 8 heteroatoms. The smallest absolute Gasteiger partial charge is 0.410 e. The molecular weight excluding hydrogens is 619 g/mol. The van der Waals surface area contributed by atoms with Crippen LogP contribution in [0.1, 0.15) is 55.2 Å². The maximum Gasteiger partial charge on any atom is 0.410 e. The van der Waals surface area contributed by atoms with Crippen molar-refractivity contribution < 1.29 is 17.9 Å². The maximum atomic E-state index is 13.8. The molecule has 4 aromatic rings. The molecule has 254 valence electrons. The summed E-state index contributed by atoms with van der Waals surface area (Å²) in [5.74, 6) is 0.747. The van der Waals surface area contributed by atoms with E-state index in [9.17, 15) is 13.2 Å². The van der Waals surface area contributed by atoms with E-state index in [1.54, 1.807) is 11.4 Å². The van der Waals surface area contributed by atoms with Gasteiger partial charge in [-0.15, -0.1) is 0 Å². The van der Waals surface area contributed by atoms with Crippen LogP contribution >= 0.6 is 0 Å². The first-order chi connectivity index (χ1) is 23.3. The van der Waals surface area contributed by atoms with Gasteiger partial charge in [-0.2, -0.15) is 0 Å². The minimum absolute atomic E-state index is 0.0368. The second kappa shape index (κ2) is 15.7. The van der Waals surface area contributed by atoms with Crippen LogP contribution in [0.5, 0.6) is 0 Å². The van der Waals surface area contributed by atoms with Crippen LogP contribution in [0.2, 0.25) is 0 Å². The van der Waals surface area contributed by atoms with Crippen molar-refractivity contribution in [2.75, 3.05) is 39.0 Å². The Bertz CT molecular complexity index is 1740. The quantitative estimate of drug-likeness (QED) is 0.158. The molecule has 7 nitrogen and oxygen atoms in total. The molecule has 0 radical (unpaired) electrons. The van der Waals surface area contributed by atoms with Gasteiger partial charge in [-0.05, 0) is 78.3 Å². The summed E-state index contributed by atoms with van der Waals surface area (Å²) >= 11 is 0. The Morgan fingerprint density at radius 3 is 2.23 bits per heavy atom. The molecule has 2 fully saturated rings. The topological polar surface area (TPSA) is 70.2 Å². The highest BCUT2D eigenvalue weighted by Crippen LogP contribution is 2.43. The maximum absolute atomic E-state index is 13.8. The van der Waals surface area contributed by atoms with Crippen LogP contribution in [0, 0.1) is 5.92 Å². The van der Waals surface area contributed by atoms with E-state index >= 15 is 0 Å². The highest BCUT2D eigenvalue weighted by molar-refractivity contribution is 7.89. The first-order valence-electron chi connectivity index (χ1n) is 17.5. The lowest BCUT2D eigenvalue weighted by atomic mass is 9.88. The molecule has 1 heterocycles. The minimum atomic E-state index is -3.45. The monoisotopic (exact) mass is 667 g/mol. The van der Waals surface area contributed by atoms with Gasteiger partial charge in [-0.1, -0.05) is 103 Å². The molecule has 0 N–H and O–H groups in total. The number of ether oxygens (including phenoxy) is 1. The van der Waals surface area contributed by atoms with Gasteiger partial charge in [0, 0.05) is 45.3 Å².